The molecule has 1 amide bonds. The van der Waals surface area contributed by atoms with Crippen LogP contribution in [-0.2, 0) is 4.79 Å². The predicted octanol–water partition coefficient (Wildman–Crippen LogP) is 2.68. The van der Waals surface area contributed by atoms with Gasteiger partial charge in [-0.3, -0.25) is 4.79 Å². The predicted molar refractivity (Wildman–Crippen MR) is 79.1 cm³/mol. The standard InChI is InChI=1S/C14H13N3O2S/c1-16-11-2-4-12(5-3-11)19-9-13(18)17-14-10(8-15)6-7-20-14/h2-7,16H,9H2,1H3,(H,17,18). The molecule has 0 saturated heterocycles. The van der Waals surface area contributed by atoms with Crippen molar-refractivity contribution in [2.24, 2.45) is 0 Å². The Hall–Kier alpha value is -2.52. The van der Waals surface area contributed by atoms with Crippen molar-refractivity contribution < 1.29 is 9.53 Å². The molecule has 0 atom stereocenters. The zero-order valence-corrected chi connectivity index (χ0v) is 11.7. The summed E-state index contributed by atoms with van der Waals surface area (Å²) in [6.45, 7) is -0.0956. The quantitative estimate of drug-likeness (QED) is 0.886. The van der Waals surface area contributed by atoms with E-state index >= 15 is 0 Å². The van der Waals surface area contributed by atoms with Crippen LogP contribution in [0.3, 0.4) is 0 Å². The van der Waals surface area contributed by atoms with Crippen molar-refractivity contribution in [2.75, 3.05) is 24.3 Å². The summed E-state index contributed by atoms with van der Waals surface area (Å²) in [5.41, 5.74) is 1.43. The molecule has 5 nitrogen and oxygen atoms in total. The minimum absolute atomic E-state index is 0.0956. The topological polar surface area (TPSA) is 74.2 Å². The molecule has 0 aliphatic heterocycles. The number of thiophene rings is 1. The zero-order chi connectivity index (χ0) is 14.4. The third-order valence-corrected chi connectivity index (χ3v) is 3.38. The fraction of sp³-hybridized carbons (Fsp3) is 0.143. The van der Waals surface area contributed by atoms with Crippen molar-refractivity contribution in [1.82, 2.24) is 0 Å². The fourth-order valence-electron chi connectivity index (χ4n) is 1.52. The van der Waals surface area contributed by atoms with Gasteiger partial charge in [-0.05, 0) is 35.7 Å². The van der Waals surface area contributed by atoms with Gasteiger partial charge >= 0.3 is 0 Å². The maximum absolute atomic E-state index is 11.7. The van der Waals surface area contributed by atoms with Crippen molar-refractivity contribution in [3.63, 3.8) is 0 Å². The summed E-state index contributed by atoms with van der Waals surface area (Å²) < 4.78 is 5.37. The molecule has 1 aromatic carbocycles. The van der Waals surface area contributed by atoms with Gasteiger partial charge in [-0.25, -0.2) is 0 Å². The number of nitrogens with one attached hydrogen (secondary N) is 2. The number of anilines is 2. The van der Waals surface area contributed by atoms with E-state index in [0.29, 0.717) is 16.3 Å². The third kappa shape index (κ3) is 3.49. The second-order valence-corrected chi connectivity index (χ2v) is 4.80. The molecular formula is C14H13N3O2S. The van der Waals surface area contributed by atoms with Crippen molar-refractivity contribution in [1.29, 1.82) is 5.26 Å². The number of hydrogen-bond donors (Lipinski definition) is 2. The summed E-state index contributed by atoms with van der Waals surface area (Å²) in [5.74, 6) is 0.326. The molecule has 20 heavy (non-hydrogen) atoms. The van der Waals surface area contributed by atoms with Gasteiger partial charge in [-0.1, -0.05) is 0 Å². The highest BCUT2D eigenvalue weighted by Crippen LogP contribution is 2.22. The van der Waals surface area contributed by atoms with Crippen LogP contribution in [0.2, 0.25) is 0 Å². The Morgan fingerprint density at radius 2 is 2.10 bits per heavy atom. The molecule has 0 saturated carbocycles. The molecule has 1 aromatic heterocycles. The summed E-state index contributed by atoms with van der Waals surface area (Å²) >= 11 is 1.31. The Bertz CT molecular complexity index is 629. The van der Waals surface area contributed by atoms with Crippen molar-refractivity contribution in [3.05, 3.63) is 41.3 Å². The molecule has 0 aliphatic rings. The lowest BCUT2D eigenvalue weighted by Crippen LogP contribution is -2.19. The van der Waals surface area contributed by atoms with E-state index in [0.717, 1.165) is 5.69 Å². The van der Waals surface area contributed by atoms with Gasteiger partial charge in [-0.2, -0.15) is 5.26 Å². The number of carbonyl (C=O) groups is 1. The SMILES string of the molecule is CNc1ccc(OCC(=O)Nc2sccc2C#N)cc1. The lowest BCUT2D eigenvalue weighted by atomic mass is 10.3. The first-order valence-electron chi connectivity index (χ1n) is 5.91. The van der Waals surface area contributed by atoms with Crippen LogP contribution < -0.4 is 15.4 Å². The number of nitrogens with zero attached hydrogens (tertiary/aromatic N) is 1. The average molecular weight is 287 g/mol. The zero-order valence-electron chi connectivity index (χ0n) is 10.8. The number of ether oxygens (including phenoxy) is 1. The van der Waals surface area contributed by atoms with E-state index in [2.05, 4.69) is 10.6 Å². The van der Waals surface area contributed by atoms with Crippen LogP contribution in [0.15, 0.2) is 35.7 Å². The lowest BCUT2D eigenvalue weighted by Gasteiger charge is -2.07. The number of amides is 1. The number of nitriles is 1. The minimum atomic E-state index is -0.290. The number of rotatable bonds is 5. The maximum Gasteiger partial charge on any atom is 0.262 e. The normalized spacial score (nSPS) is 9.60. The highest BCUT2D eigenvalue weighted by atomic mass is 32.1. The van der Waals surface area contributed by atoms with Crippen LogP contribution in [0.25, 0.3) is 0 Å². The molecule has 2 rings (SSSR count). The van der Waals surface area contributed by atoms with E-state index in [1.54, 1.807) is 23.6 Å². The van der Waals surface area contributed by atoms with Crippen LogP contribution in [0, 0.1) is 11.3 Å². The summed E-state index contributed by atoms with van der Waals surface area (Å²) in [6.07, 6.45) is 0. The molecule has 0 bridgehead atoms. The molecule has 2 aromatic rings. The largest absolute Gasteiger partial charge is 0.484 e. The molecule has 102 valence electrons. The van der Waals surface area contributed by atoms with Gasteiger partial charge in [0.05, 0.1) is 5.56 Å². The van der Waals surface area contributed by atoms with E-state index in [1.807, 2.05) is 25.2 Å². The van der Waals surface area contributed by atoms with Crippen molar-refractivity contribution in [3.8, 4) is 11.8 Å². The molecule has 0 unspecified atom stereocenters. The summed E-state index contributed by atoms with van der Waals surface area (Å²) in [7, 11) is 1.83. The molecular weight excluding hydrogens is 274 g/mol. The van der Waals surface area contributed by atoms with Crippen LogP contribution in [0.4, 0.5) is 10.7 Å². The molecule has 0 aliphatic carbocycles. The van der Waals surface area contributed by atoms with Crippen LogP contribution in [0.5, 0.6) is 5.75 Å². The number of hydrogen-bond acceptors (Lipinski definition) is 5. The Kier molecular flexibility index (Phi) is 4.58. The number of benzene rings is 1. The Labute approximate surface area is 120 Å². The summed E-state index contributed by atoms with van der Waals surface area (Å²) in [6, 6.07) is 11.0. The first kappa shape index (κ1) is 13.9. The Morgan fingerprint density at radius 3 is 2.75 bits per heavy atom. The Balaban J connectivity index is 1.87. The van der Waals surface area contributed by atoms with E-state index in [-0.39, 0.29) is 12.5 Å². The van der Waals surface area contributed by atoms with Gasteiger partial charge in [0.15, 0.2) is 6.61 Å². The number of carbonyl (C=O) groups excluding carboxylic acids is 1. The summed E-state index contributed by atoms with van der Waals surface area (Å²) in [4.78, 5) is 11.7. The lowest BCUT2D eigenvalue weighted by molar-refractivity contribution is -0.118. The monoisotopic (exact) mass is 287 g/mol. The maximum atomic E-state index is 11.7. The van der Waals surface area contributed by atoms with Gasteiger partial charge in [0.2, 0.25) is 0 Å². The fourth-order valence-corrected chi connectivity index (χ4v) is 2.28. The molecule has 0 spiro atoms. The smallest absolute Gasteiger partial charge is 0.262 e. The van der Waals surface area contributed by atoms with Gasteiger partial charge < -0.3 is 15.4 Å². The highest BCUT2D eigenvalue weighted by Gasteiger charge is 2.08. The van der Waals surface area contributed by atoms with Crippen molar-refractivity contribution >= 4 is 27.9 Å². The van der Waals surface area contributed by atoms with E-state index < -0.39 is 0 Å². The average Bonchev–Trinajstić information content (AvgIpc) is 2.92. The van der Waals surface area contributed by atoms with E-state index in [9.17, 15) is 4.79 Å². The first-order chi connectivity index (χ1) is 9.72. The first-order valence-corrected chi connectivity index (χ1v) is 6.79. The molecule has 0 fully saturated rings. The molecule has 1 heterocycles. The van der Waals surface area contributed by atoms with Crippen molar-refractivity contribution in [2.45, 2.75) is 0 Å². The molecule has 2 N–H and O–H groups in total. The van der Waals surface area contributed by atoms with Gasteiger partial charge in [0.25, 0.3) is 5.91 Å². The second-order valence-electron chi connectivity index (χ2n) is 3.89. The van der Waals surface area contributed by atoms with Crippen LogP contribution in [0.1, 0.15) is 5.56 Å². The Morgan fingerprint density at radius 1 is 1.35 bits per heavy atom. The molecule has 6 heteroatoms. The van der Waals surface area contributed by atoms with Gasteiger partial charge in [-0.15, -0.1) is 11.3 Å². The molecule has 0 radical (unpaired) electrons. The third-order valence-electron chi connectivity index (χ3n) is 2.55. The van der Waals surface area contributed by atoms with Crippen LogP contribution >= 0.6 is 11.3 Å². The minimum Gasteiger partial charge on any atom is -0.484 e. The van der Waals surface area contributed by atoms with E-state index in [1.165, 1.54) is 11.3 Å². The van der Waals surface area contributed by atoms with Gasteiger partial charge in [0.1, 0.15) is 16.8 Å². The summed E-state index contributed by atoms with van der Waals surface area (Å²) in [5, 5.41) is 16.8. The highest BCUT2D eigenvalue weighted by molar-refractivity contribution is 7.14. The second kappa shape index (κ2) is 6.59. The van der Waals surface area contributed by atoms with Gasteiger partial charge in [0, 0.05) is 12.7 Å². The van der Waals surface area contributed by atoms with E-state index in [4.69, 9.17) is 10.00 Å². The van der Waals surface area contributed by atoms with Crippen LogP contribution in [-0.4, -0.2) is 19.6 Å².